The van der Waals surface area contributed by atoms with E-state index in [4.69, 9.17) is 9.47 Å². The lowest BCUT2D eigenvalue weighted by Gasteiger charge is -2.30. The van der Waals surface area contributed by atoms with Crippen molar-refractivity contribution in [1.82, 2.24) is 0 Å². The number of unbranched alkanes of at least 4 members (excludes halogenated alkanes) is 19. The lowest BCUT2D eigenvalue weighted by atomic mass is 10.1. The van der Waals surface area contributed by atoms with Crippen LogP contribution in [0.15, 0.2) is 30.3 Å². The Morgan fingerprint density at radius 3 is 1.45 bits per heavy atom. The molecule has 0 radical (unpaired) electrons. The summed E-state index contributed by atoms with van der Waals surface area (Å²) in [6.45, 7) is 9.24. The molecule has 0 saturated carbocycles. The normalized spacial score (nSPS) is 12.0. The first-order chi connectivity index (χ1) is 24.0. The maximum absolute atomic E-state index is 12.0. The molecule has 0 bridgehead atoms. The summed E-state index contributed by atoms with van der Waals surface area (Å²) in [4.78, 5) is 23.8. The third-order valence-corrected chi connectivity index (χ3v) is 10.1. The van der Waals surface area contributed by atoms with Gasteiger partial charge in [0.1, 0.15) is 6.54 Å². The van der Waals surface area contributed by atoms with Crippen molar-refractivity contribution in [2.75, 3.05) is 33.9 Å². The molecule has 0 aliphatic heterocycles. The summed E-state index contributed by atoms with van der Waals surface area (Å²) in [7, 11) is -0.0112. The lowest BCUT2D eigenvalue weighted by molar-refractivity contribution is -0.903. The van der Waals surface area contributed by atoms with E-state index in [1.165, 1.54) is 82.7 Å². The molecule has 1 unspecified atom stereocenters. The number of esters is 2. The first-order valence-electron chi connectivity index (χ1n) is 20.1. The van der Waals surface area contributed by atoms with E-state index in [-0.39, 0.29) is 25.6 Å². The minimum Gasteiger partial charge on any atom is -1.00 e. The molecule has 0 heterocycles. The van der Waals surface area contributed by atoms with Crippen molar-refractivity contribution in [3.8, 4) is 0 Å². The number of benzene rings is 1. The van der Waals surface area contributed by atoms with Crippen LogP contribution in [0.1, 0.15) is 174 Å². The van der Waals surface area contributed by atoms with Gasteiger partial charge >= 0.3 is 11.9 Å². The van der Waals surface area contributed by atoms with Crippen LogP contribution in [0.5, 0.6) is 0 Å². The summed E-state index contributed by atoms with van der Waals surface area (Å²) >= 11 is 0. The Bertz CT molecular complexity index is 1050. The van der Waals surface area contributed by atoms with Crippen molar-refractivity contribution in [2.45, 2.75) is 180 Å². The van der Waals surface area contributed by atoms with Gasteiger partial charge in [-0.25, -0.2) is 0 Å². The summed E-state index contributed by atoms with van der Waals surface area (Å²) < 4.78 is 43.2. The fourth-order valence-electron chi connectivity index (χ4n) is 5.92. The van der Waals surface area contributed by atoms with Crippen molar-refractivity contribution in [3.63, 3.8) is 0 Å². The van der Waals surface area contributed by atoms with Gasteiger partial charge < -0.3 is 26.4 Å². The highest BCUT2D eigenvalue weighted by Crippen LogP contribution is 2.15. The minimum atomic E-state index is -4.73. The quantitative estimate of drug-likeness (QED) is 0.0359. The van der Waals surface area contributed by atoms with Gasteiger partial charge in [-0.3, -0.25) is 14.1 Å². The first-order valence-corrected chi connectivity index (χ1v) is 21.6. The van der Waals surface area contributed by atoms with Gasteiger partial charge in [-0.15, -0.1) is 0 Å². The number of halogens is 1. The zero-order valence-corrected chi connectivity index (χ0v) is 34.8. The number of hydrogen-bond acceptors (Lipinski definition) is 6. The fourth-order valence-corrected chi connectivity index (χ4v) is 6.58. The third-order valence-electron chi connectivity index (χ3n) is 9.05. The molecule has 1 aromatic rings. The molecule has 1 atom stereocenters. The molecule has 0 aliphatic carbocycles. The van der Waals surface area contributed by atoms with E-state index in [0.717, 1.165) is 68.8 Å². The second-order valence-electron chi connectivity index (χ2n) is 14.6. The number of carbonyl (C=O) groups is 2. The van der Waals surface area contributed by atoms with Crippen LogP contribution < -0.4 is 12.4 Å². The van der Waals surface area contributed by atoms with Gasteiger partial charge in [-0.05, 0) is 25.7 Å². The smallest absolute Gasteiger partial charge is 0.327 e. The molecule has 1 N–H and O–H groups in total. The van der Waals surface area contributed by atoms with Crippen molar-refractivity contribution in [3.05, 3.63) is 35.9 Å². The second kappa shape index (κ2) is 34.1. The Kier molecular flexibility index (Phi) is 34.4. The Morgan fingerprint density at radius 2 is 1.02 bits per heavy atom. The average molecular weight is 763 g/mol. The summed E-state index contributed by atoms with van der Waals surface area (Å²) in [5.74, 6) is -1.93. The second-order valence-corrected chi connectivity index (χ2v) is 16.2. The molecule has 0 saturated heterocycles. The van der Waals surface area contributed by atoms with Gasteiger partial charge in [0.2, 0.25) is 0 Å². The zero-order chi connectivity index (χ0) is 37.4. The molecule has 0 spiro atoms. The van der Waals surface area contributed by atoms with Crippen LogP contribution in [0, 0.1) is 0 Å². The zero-order valence-electron chi connectivity index (χ0n) is 33.2. The molecule has 0 aliphatic rings. The summed E-state index contributed by atoms with van der Waals surface area (Å²) in [5, 5.41) is -1.93. The number of nitrogens with zero attached hydrogens (tertiary/aromatic N) is 1. The molecule has 1 rings (SSSR count). The number of quaternary nitrogens is 1. The van der Waals surface area contributed by atoms with Gasteiger partial charge in [0.05, 0.1) is 40.3 Å². The van der Waals surface area contributed by atoms with Crippen LogP contribution in [0.4, 0.5) is 0 Å². The van der Waals surface area contributed by atoms with E-state index in [0.29, 0.717) is 12.8 Å². The first kappa shape index (κ1) is 51.4. The number of hydrogen-bond donors (Lipinski definition) is 1. The minimum absolute atomic E-state index is 0. The SMILES string of the molecule is CCCCCCCCCCCC[N+](C)(C)Cc1ccccc1.CCCCCCCCOC(=O)CC(C(=O)OCCCCCCCC)S(=O)(=O)O.[Cl-]. The Balaban J connectivity index is 0. The maximum Gasteiger partial charge on any atom is 0.327 e. The number of carbonyl (C=O) groups excluding carboxylic acids is 2. The van der Waals surface area contributed by atoms with Gasteiger partial charge in [-0.1, -0.05) is 167 Å². The Morgan fingerprint density at radius 1 is 0.627 bits per heavy atom. The van der Waals surface area contributed by atoms with Crippen molar-refractivity contribution in [1.29, 1.82) is 0 Å². The predicted octanol–water partition coefficient (Wildman–Crippen LogP) is 7.63. The molecule has 0 aromatic heterocycles. The summed E-state index contributed by atoms with van der Waals surface area (Å²) in [6, 6.07) is 10.9. The average Bonchev–Trinajstić information content (AvgIpc) is 3.07. The van der Waals surface area contributed by atoms with Crippen molar-refractivity contribution < 1.29 is 48.9 Å². The largest absolute Gasteiger partial charge is 1.00 e. The van der Waals surface area contributed by atoms with E-state index in [2.05, 4.69) is 65.2 Å². The number of ether oxygens (including phenoxy) is 2. The molecule has 0 amide bonds. The Hall–Kier alpha value is -1.68. The van der Waals surface area contributed by atoms with Gasteiger partial charge in [0, 0.05) is 5.56 Å². The number of rotatable bonds is 31. The van der Waals surface area contributed by atoms with Crippen LogP contribution in [0.2, 0.25) is 0 Å². The summed E-state index contributed by atoms with van der Waals surface area (Å²) in [6.07, 6.45) is 25.6. The van der Waals surface area contributed by atoms with Crippen molar-refractivity contribution >= 4 is 22.1 Å². The molecule has 8 nitrogen and oxygen atoms in total. The van der Waals surface area contributed by atoms with Crippen LogP contribution in [-0.2, 0) is 35.7 Å². The molecule has 51 heavy (non-hydrogen) atoms. The van der Waals surface area contributed by atoms with E-state index in [1.54, 1.807) is 0 Å². The molecule has 0 fully saturated rings. The highest BCUT2D eigenvalue weighted by atomic mass is 35.5. The predicted molar refractivity (Wildman–Crippen MR) is 208 cm³/mol. The molecule has 10 heteroatoms. The monoisotopic (exact) mass is 762 g/mol. The van der Waals surface area contributed by atoms with Crippen LogP contribution >= 0.6 is 0 Å². The molecule has 1 aromatic carbocycles. The topological polar surface area (TPSA) is 107 Å². The highest BCUT2D eigenvalue weighted by molar-refractivity contribution is 7.87. The standard InChI is InChI=1S/C21H38N.C20H38O7S.ClH/c1-4-5-6-7-8-9-10-11-12-16-19-22(2,3)20-21-17-14-13-15-18-21;1-3-5-7-9-11-13-15-26-19(21)17-18(28(23,24)25)20(22)27-16-14-12-10-8-6-4-2;/h13-15,17-18H,4-12,16,19-20H2,1-3H3;18H,3-17H2,1-2H3,(H,23,24,25);1H/q+1;;/p-1. The molecule has 300 valence electrons. The van der Waals surface area contributed by atoms with Gasteiger partial charge in [0.25, 0.3) is 10.1 Å². The van der Waals surface area contributed by atoms with Crippen LogP contribution in [0.25, 0.3) is 0 Å². The summed E-state index contributed by atoms with van der Waals surface area (Å²) in [5.41, 5.74) is 1.46. The van der Waals surface area contributed by atoms with Crippen LogP contribution in [-0.4, -0.2) is 68.5 Å². The van der Waals surface area contributed by atoms with Crippen molar-refractivity contribution in [2.24, 2.45) is 0 Å². The maximum atomic E-state index is 12.0. The van der Waals surface area contributed by atoms with Gasteiger partial charge in [0.15, 0.2) is 5.25 Å². The van der Waals surface area contributed by atoms with E-state index in [9.17, 15) is 22.6 Å². The van der Waals surface area contributed by atoms with Gasteiger partial charge in [-0.2, -0.15) is 8.42 Å². The molecular weight excluding hydrogens is 686 g/mol. The highest BCUT2D eigenvalue weighted by Gasteiger charge is 2.35. The van der Waals surface area contributed by atoms with E-state index >= 15 is 0 Å². The van der Waals surface area contributed by atoms with E-state index < -0.39 is 33.7 Å². The molecular formula is C41H76ClNO7S. The lowest BCUT2D eigenvalue weighted by Crippen LogP contribution is -3.00. The Labute approximate surface area is 320 Å². The third kappa shape index (κ3) is 32.7. The fraction of sp³-hybridized carbons (Fsp3) is 0.805. The van der Waals surface area contributed by atoms with Crippen LogP contribution in [0.3, 0.4) is 0 Å². The van der Waals surface area contributed by atoms with E-state index in [1.807, 2.05) is 0 Å².